The zero-order chi connectivity index (χ0) is 9.90. The number of nitrogens with one attached hydrogen (secondary N) is 1. The van der Waals surface area contributed by atoms with Crippen LogP contribution in [0.5, 0.6) is 0 Å². The minimum Gasteiger partial charge on any atom is -0.465 e. The fraction of sp³-hybridized carbons (Fsp3) is 0.750. The summed E-state index contributed by atoms with van der Waals surface area (Å²) in [5, 5.41) is 10.2. The lowest BCUT2D eigenvalue weighted by Crippen LogP contribution is -2.48. The van der Waals surface area contributed by atoms with Gasteiger partial charge in [-0.05, 0) is 25.7 Å². The van der Waals surface area contributed by atoms with Gasteiger partial charge < -0.3 is 9.84 Å². The monoisotopic (exact) mass is 187 g/mol. The number of hydrogen-bond acceptors (Lipinski definition) is 3. The third-order valence-corrected chi connectivity index (χ3v) is 2.44. The highest BCUT2D eigenvalue weighted by Crippen LogP contribution is 2.32. The topological polar surface area (TPSA) is 75.6 Å². The van der Waals surface area contributed by atoms with Gasteiger partial charge in [0.25, 0.3) is 5.91 Å². The molecule has 1 aliphatic carbocycles. The molecule has 1 rings (SSSR count). The van der Waals surface area contributed by atoms with Gasteiger partial charge >= 0.3 is 6.09 Å². The van der Waals surface area contributed by atoms with Gasteiger partial charge in [-0.1, -0.05) is 0 Å². The Labute approximate surface area is 76.1 Å². The fourth-order valence-electron chi connectivity index (χ4n) is 1.68. The van der Waals surface area contributed by atoms with Gasteiger partial charge in [0.05, 0.1) is 0 Å². The van der Waals surface area contributed by atoms with Gasteiger partial charge in [0.15, 0.2) is 0 Å². The van der Waals surface area contributed by atoms with Crippen molar-refractivity contribution in [2.24, 2.45) is 0 Å². The number of hydrogen-bond donors (Lipinski definition) is 2. The molecule has 0 aromatic carbocycles. The summed E-state index contributed by atoms with van der Waals surface area (Å²) in [4.78, 5) is 21.6. The zero-order valence-corrected chi connectivity index (χ0v) is 7.50. The zero-order valence-electron chi connectivity index (χ0n) is 7.50. The first kappa shape index (κ1) is 9.98. The van der Waals surface area contributed by atoms with Crippen LogP contribution in [-0.4, -0.2) is 29.8 Å². The van der Waals surface area contributed by atoms with E-state index in [1.54, 1.807) is 0 Å². The smallest absolute Gasteiger partial charge is 0.411 e. The largest absolute Gasteiger partial charge is 0.465 e. The second kappa shape index (κ2) is 3.74. The number of carbonyl (C=O) groups is 2. The lowest BCUT2D eigenvalue weighted by Gasteiger charge is -2.24. The van der Waals surface area contributed by atoms with E-state index < -0.39 is 17.6 Å². The molecule has 13 heavy (non-hydrogen) atoms. The molecule has 74 valence electrons. The molecule has 0 aliphatic heterocycles. The van der Waals surface area contributed by atoms with Crippen molar-refractivity contribution >= 4 is 12.0 Å². The Bertz CT molecular complexity index is 220. The van der Waals surface area contributed by atoms with Crippen molar-refractivity contribution < 1.29 is 19.4 Å². The quantitative estimate of drug-likeness (QED) is 0.668. The number of ether oxygens (including phenoxy) is 1. The molecule has 5 nitrogen and oxygen atoms in total. The van der Waals surface area contributed by atoms with Crippen LogP contribution in [0.2, 0.25) is 0 Å². The van der Waals surface area contributed by atoms with E-state index in [1.807, 2.05) is 5.32 Å². The molecule has 0 bridgehead atoms. The Kier molecular flexibility index (Phi) is 2.87. The summed E-state index contributed by atoms with van der Waals surface area (Å²) in [5.41, 5.74) is -0.904. The first-order valence-corrected chi connectivity index (χ1v) is 4.20. The molecule has 0 unspecified atom stereocenters. The maximum absolute atomic E-state index is 11.4. The van der Waals surface area contributed by atoms with Crippen LogP contribution < -0.4 is 5.32 Å². The summed E-state index contributed by atoms with van der Waals surface area (Å²) in [5.74, 6) is -0.542. The van der Waals surface area contributed by atoms with Crippen molar-refractivity contribution in [3.8, 4) is 0 Å². The van der Waals surface area contributed by atoms with Crippen LogP contribution >= 0.6 is 0 Å². The van der Waals surface area contributed by atoms with Gasteiger partial charge in [-0.2, -0.15) is 0 Å². The number of carboxylic acid groups (broad SMARTS) is 1. The molecule has 2 N–H and O–H groups in total. The number of methoxy groups -OCH3 is 1. The highest BCUT2D eigenvalue weighted by atomic mass is 16.5. The van der Waals surface area contributed by atoms with Crippen molar-refractivity contribution in [3.63, 3.8) is 0 Å². The van der Waals surface area contributed by atoms with E-state index in [4.69, 9.17) is 9.84 Å². The van der Waals surface area contributed by atoms with Crippen LogP contribution in [0.1, 0.15) is 25.7 Å². The molecule has 2 amide bonds. The highest BCUT2D eigenvalue weighted by Gasteiger charge is 2.41. The lowest BCUT2D eigenvalue weighted by molar-refractivity contribution is -0.141. The Morgan fingerprint density at radius 1 is 1.38 bits per heavy atom. The summed E-state index contributed by atoms with van der Waals surface area (Å²) >= 11 is 0. The fourth-order valence-corrected chi connectivity index (χ4v) is 1.68. The second-order valence-electron chi connectivity index (χ2n) is 3.16. The van der Waals surface area contributed by atoms with E-state index >= 15 is 0 Å². The number of rotatable bonds is 2. The van der Waals surface area contributed by atoms with Gasteiger partial charge in [0.2, 0.25) is 0 Å². The first-order valence-electron chi connectivity index (χ1n) is 4.20. The summed E-state index contributed by atoms with van der Waals surface area (Å²) in [6.07, 6.45) is 1.68. The SMILES string of the molecule is COC1(C(=O)NC(=O)O)CCCC1. The first-order chi connectivity index (χ1) is 6.10. The average Bonchev–Trinajstić information content (AvgIpc) is 2.51. The van der Waals surface area contributed by atoms with Gasteiger partial charge in [-0.3, -0.25) is 10.1 Å². The molecule has 1 aliphatic rings. The van der Waals surface area contributed by atoms with Gasteiger partial charge in [0, 0.05) is 7.11 Å². The summed E-state index contributed by atoms with van der Waals surface area (Å²) in [6.45, 7) is 0. The van der Waals surface area contributed by atoms with Crippen LogP contribution in [-0.2, 0) is 9.53 Å². The van der Waals surface area contributed by atoms with Gasteiger partial charge in [-0.15, -0.1) is 0 Å². The molecular formula is C8H13NO4. The highest BCUT2D eigenvalue weighted by molar-refractivity contribution is 5.96. The predicted octanol–water partition coefficient (Wildman–Crippen LogP) is 0.740. The van der Waals surface area contributed by atoms with Crippen molar-refractivity contribution in [1.82, 2.24) is 5.32 Å². The number of carbonyl (C=O) groups excluding carboxylic acids is 1. The van der Waals surface area contributed by atoms with Crippen molar-refractivity contribution in [2.45, 2.75) is 31.3 Å². The Balaban J connectivity index is 2.65. The summed E-state index contributed by atoms with van der Waals surface area (Å²) < 4.78 is 5.09. The normalized spacial score (nSPS) is 19.8. The summed E-state index contributed by atoms with van der Waals surface area (Å²) in [6, 6.07) is 0. The Morgan fingerprint density at radius 2 is 1.92 bits per heavy atom. The van der Waals surface area contributed by atoms with Crippen LogP contribution in [0, 0.1) is 0 Å². The molecule has 0 radical (unpaired) electrons. The van der Waals surface area contributed by atoms with E-state index in [2.05, 4.69) is 0 Å². The Morgan fingerprint density at radius 3 is 2.31 bits per heavy atom. The number of amides is 2. The maximum atomic E-state index is 11.4. The molecule has 0 spiro atoms. The second-order valence-corrected chi connectivity index (χ2v) is 3.16. The van der Waals surface area contributed by atoms with Crippen LogP contribution in [0.4, 0.5) is 4.79 Å². The van der Waals surface area contributed by atoms with E-state index in [0.29, 0.717) is 12.8 Å². The van der Waals surface area contributed by atoms with E-state index in [0.717, 1.165) is 12.8 Å². The van der Waals surface area contributed by atoms with Crippen molar-refractivity contribution in [2.75, 3.05) is 7.11 Å². The molecule has 0 saturated heterocycles. The minimum atomic E-state index is -1.33. The number of imide groups is 1. The van der Waals surface area contributed by atoms with Crippen LogP contribution in [0.3, 0.4) is 0 Å². The molecule has 0 aromatic heterocycles. The summed E-state index contributed by atoms with van der Waals surface area (Å²) in [7, 11) is 1.44. The molecule has 0 atom stereocenters. The lowest BCUT2D eigenvalue weighted by atomic mass is 10.0. The Hall–Kier alpha value is -1.10. The van der Waals surface area contributed by atoms with Crippen molar-refractivity contribution in [3.05, 3.63) is 0 Å². The molecule has 0 heterocycles. The third-order valence-electron chi connectivity index (χ3n) is 2.44. The maximum Gasteiger partial charge on any atom is 0.411 e. The predicted molar refractivity (Wildman–Crippen MR) is 44.4 cm³/mol. The molecule has 0 aromatic rings. The molecular weight excluding hydrogens is 174 g/mol. The standard InChI is InChI=1S/C8H13NO4/c1-13-8(4-2-3-5-8)6(10)9-7(11)12/h2-5H2,1H3,(H,9,10)(H,11,12). The molecule has 1 saturated carbocycles. The third kappa shape index (κ3) is 1.98. The van der Waals surface area contributed by atoms with Crippen molar-refractivity contribution in [1.29, 1.82) is 0 Å². The van der Waals surface area contributed by atoms with Gasteiger partial charge in [-0.25, -0.2) is 4.79 Å². The van der Waals surface area contributed by atoms with Crippen LogP contribution in [0.25, 0.3) is 0 Å². The van der Waals surface area contributed by atoms with E-state index in [9.17, 15) is 9.59 Å². The molecule has 5 heteroatoms. The minimum absolute atomic E-state index is 0.542. The van der Waals surface area contributed by atoms with Crippen LogP contribution in [0.15, 0.2) is 0 Å². The van der Waals surface area contributed by atoms with Gasteiger partial charge in [0.1, 0.15) is 5.60 Å². The van der Waals surface area contributed by atoms with E-state index in [-0.39, 0.29) is 0 Å². The van der Waals surface area contributed by atoms with E-state index in [1.165, 1.54) is 7.11 Å². The molecule has 1 fully saturated rings. The average molecular weight is 187 g/mol.